The molecule has 0 spiro atoms. The third kappa shape index (κ3) is 2.68. The van der Waals surface area contributed by atoms with Gasteiger partial charge in [0.1, 0.15) is 11.9 Å². The van der Waals surface area contributed by atoms with Gasteiger partial charge < -0.3 is 5.11 Å². The van der Waals surface area contributed by atoms with Gasteiger partial charge in [0, 0.05) is 11.6 Å². The Morgan fingerprint density at radius 3 is 2.33 bits per heavy atom. The van der Waals surface area contributed by atoms with Gasteiger partial charge in [0.2, 0.25) is 0 Å². The van der Waals surface area contributed by atoms with Crippen LogP contribution >= 0.6 is 0 Å². The van der Waals surface area contributed by atoms with E-state index in [1.165, 1.54) is 6.42 Å². The minimum Gasteiger partial charge on any atom is -0.384 e. The van der Waals surface area contributed by atoms with E-state index in [2.05, 4.69) is 0 Å². The van der Waals surface area contributed by atoms with E-state index in [4.69, 9.17) is 0 Å². The van der Waals surface area contributed by atoms with Crippen LogP contribution < -0.4 is 0 Å². The van der Waals surface area contributed by atoms with E-state index >= 15 is 0 Å². The molecular weight excluding hydrogens is 277 g/mol. The lowest BCUT2D eigenvalue weighted by molar-refractivity contribution is 0.213. The van der Waals surface area contributed by atoms with Crippen LogP contribution in [-0.4, -0.2) is 5.11 Å². The highest BCUT2D eigenvalue weighted by Crippen LogP contribution is 2.37. The van der Waals surface area contributed by atoms with E-state index in [0.717, 1.165) is 18.4 Å². The predicted molar refractivity (Wildman–Crippen MR) is 73.4 cm³/mol. The fourth-order valence-corrected chi connectivity index (χ4v) is 2.65. The van der Waals surface area contributed by atoms with Gasteiger partial charge in [-0.1, -0.05) is 30.7 Å². The smallest absolute Gasteiger partial charge is 0.161 e. The van der Waals surface area contributed by atoms with Gasteiger partial charge in [0.25, 0.3) is 0 Å². The second-order valence-corrected chi connectivity index (χ2v) is 5.49. The van der Waals surface area contributed by atoms with Crippen LogP contribution in [0.1, 0.15) is 48.0 Å². The summed E-state index contributed by atoms with van der Waals surface area (Å²) in [5.41, 5.74) is 1.34. The van der Waals surface area contributed by atoms with Crippen molar-refractivity contribution in [3.05, 3.63) is 70.5 Å². The van der Waals surface area contributed by atoms with Gasteiger partial charge in [-0.25, -0.2) is 13.2 Å². The molecule has 0 heterocycles. The highest BCUT2D eigenvalue weighted by molar-refractivity contribution is 5.35. The van der Waals surface area contributed by atoms with Crippen LogP contribution in [0.15, 0.2) is 36.4 Å². The van der Waals surface area contributed by atoms with E-state index in [-0.39, 0.29) is 5.56 Å². The third-order valence-electron chi connectivity index (χ3n) is 4.14. The maximum absolute atomic E-state index is 13.7. The molecule has 0 bridgehead atoms. The van der Waals surface area contributed by atoms with Crippen LogP contribution in [0.4, 0.5) is 13.2 Å². The summed E-state index contributed by atoms with van der Waals surface area (Å²) in [6.07, 6.45) is 2.10. The molecule has 0 radical (unpaired) electrons. The molecule has 21 heavy (non-hydrogen) atoms. The minimum atomic E-state index is -1.31. The molecule has 1 aliphatic rings. The van der Waals surface area contributed by atoms with Crippen molar-refractivity contribution in [3.8, 4) is 0 Å². The molecule has 1 saturated carbocycles. The first-order valence-electron chi connectivity index (χ1n) is 6.98. The average Bonchev–Trinajstić information content (AvgIpc) is 2.40. The first kappa shape index (κ1) is 14.1. The van der Waals surface area contributed by atoms with Crippen LogP contribution in [0.2, 0.25) is 0 Å². The predicted octanol–water partition coefficient (Wildman–Crippen LogP) is 4.45. The first-order chi connectivity index (χ1) is 10.1. The van der Waals surface area contributed by atoms with E-state index in [1.54, 1.807) is 12.1 Å². The molecule has 1 aliphatic carbocycles. The standard InChI is InChI=1S/C17H15F3O/c18-14-9-16(20)15(19)8-13(14)17(21)12-6-2-5-11(7-12)10-3-1-4-10/h2,5-10,17,21H,1,3-4H2. The number of benzene rings is 2. The van der Waals surface area contributed by atoms with Gasteiger partial charge in [-0.15, -0.1) is 0 Å². The summed E-state index contributed by atoms with van der Waals surface area (Å²) in [6.45, 7) is 0. The van der Waals surface area contributed by atoms with Crippen molar-refractivity contribution in [2.45, 2.75) is 31.3 Å². The molecule has 1 unspecified atom stereocenters. The molecule has 0 saturated heterocycles. The molecule has 0 aliphatic heterocycles. The Bertz CT molecular complexity index is 665. The summed E-state index contributed by atoms with van der Waals surface area (Å²) in [5, 5.41) is 10.3. The summed E-state index contributed by atoms with van der Waals surface area (Å²) in [6, 6.07) is 8.42. The zero-order valence-electron chi connectivity index (χ0n) is 11.3. The maximum atomic E-state index is 13.7. The molecule has 0 aromatic heterocycles. The second-order valence-electron chi connectivity index (χ2n) is 5.49. The SMILES string of the molecule is OC(c1cccc(C2CCC2)c1)c1cc(F)c(F)cc1F. The fraction of sp³-hybridized carbons (Fsp3) is 0.294. The number of hydrogen-bond donors (Lipinski definition) is 1. The van der Waals surface area contributed by atoms with Gasteiger partial charge in [0.15, 0.2) is 11.6 Å². The Hall–Kier alpha value is -1.81. The van der Waals surface area contributed by atoms with Crippen molar-refractivity contribution in [2.24, 2.45) is 0 Å². The third-order valence-corrected chi connectivity index (χ3v) is 4.14. The van der Waals surface area contributed by atoms with Gasteiger partial charge in [0.05, 0.1) is 0 Å². The van der Waals surface area contributed by atoms with Gasteiger partial charge >= 0.3 is 0 Å². The molecule has 1 nitrogen and oxygen atoms in total. The first-order valence-corrected chi connectivity index (χ1v) is 6.98. The van der Waals surface area contributed by atoms with E-state index in [1.807, 2.05) is 12.1 Å². The molecular formula is C17H15F3O. The van der Waals surface area contributed by atoms with Crippen LogP contribution in [0.25, 0.3) is 0 Å². The number of hydrogen-bond acceptors (Lipinski definition) is 1. The Kier molecular flexibility index (Phi) is 3.72. The molecule has 0 amide bonds. The fourth-order valence-electron chi connectivity index (χ4n) is 2.65. The minimum absolute atomic E-state index is 0.250. The van der Waals surface area contributed by atoms with Gasteiger partial charge in [-0.2, -0.15) is 0 Å². The molecule has 2 aromatic carbocycles. The highest BCUT2D eigenvalue weighted by Gasteiger charge is 2.22. The molecule has 1 fully saturated rings. The Morgan fingerprint density at radius 2 is 1.67 bits per heavy atom. The number of aliphatic hydroxyl groups excluding tert-OH is 1. The average molecular weight is 292 g/mol. The maximum Gasteiger partial charge on any atom is 0.161 e. The monoisotopic (exact) mass is 292 g/mol. The van der Waals surface area contributed by atoms with E-state index < -0.39 is 23.6 Å². The summed E-state index contributed by atoms with van der Waals surface area (Å²) in [7, 11) is 0. The molecule has 1 N–H and O–H groups in total. The van der Waals surface area contributed by atoms with Crippen molar-refractivity contribution >= 4 is 0 Å². The van der Waals surface area contributed by atoms with Crippen molar-refractivity contribution in [1.82, 2.24) is 0 Å². The zero-order valence-corrected chi connectivity index (χ0v) is 11.3. The Morgan fingerprint density at radius 1 is 0.952 bits per heavy atom. The van der Waals surface area contributed by atoms with Crippen LogP contribution in [0.3, 0.4) is 0 Å². The van der Waals surface area contributed by atoms with Gasteiger partial charge in [-0.05, 0) is 36.0 Å². The van der Waals surface area contributed by atoms with Crippen molar-refractivity contribution in [2.75, 3.05) is 0 Å². The molecule has 3 rings (SSSR count). The number of aliphatic hydroxyl groups is 1. The van der Waals surface area contributed by atoms with Crippen molar-refractivity contribution < 1.29 is 18.3 Å². The highest BCUT2D eigenvalue weighted by atomic mass is 19.2. The van der Waals surface area contributed by atoms with Crippen LogP contribution in [-0.2, 0) is 0 Å². The summed E-state index contributed by atoms with van der Waals surface area (Å²) in [4.78, 5) is 0. The largest absolute Gasteiger partial charge is 0.384 e. The van der Waals surface area contributed by atoms with Crippen molar-refractivity contribution in [3.63, 3.8) is 0 Å². The van der Waals surface area contributed by atoms with Crippen LogP contribution in [0.5, 0.6) is 0 Å². The van der Waals surface area contributed by atoms with Crippen molar-refractivity contribution in [1.29, 1.82) is 0 Å². The summed E-state index contributed by atoms with van der Waals surface area (Å²) >= 11 is 0. The Labute approximate surface area is 121 Å². The van der Waals surface area contributed by atoms with Gasteiger partial charge in [-0.3, -0.25) is 0 Å². The number of rotatable bonds is 3. The van der Waals surface area contributed by atoms with E-state index in [0.29, 0.717) is 23.6 Å². The summed E-state index contributed by atoms with van der Waals surface area (Å²) < 4.78 is 39.9. The normalized spacial score (nSPS) is 16.6. The Balaban J connectivity index is 1.94. The topological polar surface area (TPSA) is 20.2 Å². The lowest BCUT2D eigenvalue weighted by atomic mass is 9.79. The lowest BCUT2D eigenvalue weighted by Gasteiger charge is -2.26. The molecule has 1 atom stereocenters. The molecule has 4 heteroatoms. The molecule has 2 aromatic rings. The molecule has 110 valence electrons. The summed E-state index contributed by atoms with van der Waals surface area (Å²) in [5.74, 6) is -2.89. The quantitative estimate of drug-likeness (QED) is 0.828. The van der Waals surface area contributed by atoms with Crippen LogP contribution in [0, 0.1) is 17.5 Å². The number of halogens is 3. The lowest BCUT2D eigenvalue weighted by Crippen LogP contribution is -2.10. The zero-order chi connectivity index (χ0) is 15.0. The second kappa shape index (κ2) is 5.53. The van der Waals surface area contributed by atoms with E-state index in [9.17, 15) is 18.3 Å².